The fourth-order valence-corrected chi connectivity index (χ4v) is 3.89. The standard InChI is InChI=1S/C26H34N2O5/c1-2-20-6-5-7-21(16-20)10-11-22-8-3-4-9-24(22)32-18-23(17-28-15-14-27-19-28)33-26(31)13-12-25(29)30/h3-9,16,23,27H,2,10-15,17-19H2,1H3,(H,29,30). The van der Waals surface area contributed by atoms with E-state index in [2.05, 4.69) is 47.5 Å². The molecule has 1 fully saturated rings. The van der Waals surface area contributed by atoms with Crippen molar-refractivity contribution in [1.82, 2.24) is 10.2 Å². The van der Waals surface area contributed by atoms with E-state index in [9.17, 15) is 9.59 Å². The number of ether oxygens (including phenoxy) is 2. The van der Waals surface area contributed by atoms with Gasteiger partial charge in [0, 0.05) is 26.3 Å². The molecule has 0 radical (unpaired) electrons. The Morgan fingerprint density at radius 1 is 1.09 bits per heavy atom. The van der Waals surface area contributed by atoms with Crippen molar-refractivity contribution < 1.29 is 24.2 Å². The van der Waals surface area contributed by atoms with E-state index in [1.807, 2.05) is 18.2 Å². The molecule has 0 aromatic heterocycles. The molecule has 178 valence electrons. The van der Waals surface area contributed by atoms with Crippen LogP contribution in [0.1, 0.15) is 36.5 Å². The van der Waals surface area contributed by atoms with Crippen molar-refractivity contribution >= 4 is 11.9 Å². The number of hydrogen-bond acceptors (Lipinski definition) is 6. The van der Waals surface area contributed by atoms with Crippen LogP contribution >= 0.6 is 0 Å². The van der Waals surface area contributed by atoms with E-state index < -0.39 is 18.0 Å². The maximum atomic E-state index is 12.1. The van der Waals surface area contributed by atoms with Crippen LogP contribution in [0.4, 0.5) is 0 Å². The lowest BCUT2D eigenvalue weighted by Crippen LogP contribution is -2.38. The maximum Gasteiger partial charge on any atom is 0.306 e. The summed E-state index contributed by atoms with van der Waals surface area (Å²) in [4.78, 5) is 25.1. The number of para-hydroxylation sites is 1. The molecule has 2 N–H and O–H groups in total. The molecule has 7 heteroatoms. The van der Waals surface area contributed by atoms with Crippen molar-refractivity contribution in [3.8, 4) is 5.75 Å². The van der Waals surface area contributed by atoms with Crippen LogP contribution in [0, 0.1) is 0 Å². The minimum Gasteiger partial charge on any atom is -0.489 e. The number of nitrogens with zero attached hydrogens (tertiary/aromatic N) is 1. The first-order valence-corrected chi connectivity index (χ1v) is 11.7. The minimum absolute atomic E-state index is 0.141. The van der Waals surface area contributed by atoms with Crippen molar-refractivity contribution in [3.05, 3.63) is 65.2 Å². The van der Waals surface area contributed by atoms with E-state index in [1.54, 1.807) is 0 Å². The van der Waals surface area contributed by atoms with E-state index in [1.165, 1.54) is 11.1 Å². The number of esters is 1. The van der Waals surface area contributed by atoms with Gasteiger partial charge in [0.15, 0.2) is 0 Å². The van der Waals surface area contributed by atoms with Crippen molar-refractivity contribution in [2.24, 2.45) is 0 Å². The van der Waals surface area contributed by atoms with Crippen molar-refractivity contribution in [2.75, 3.05) is 32.9 Å². The lowest BCUT2D eigenvalue weighted by molar-refractivity contribution is -0.154. The Morgan fingerprint density at radius 2 is 1.91 bits per heavy atom. The summed E-state index contributed by atoms with van der Waals surface area (Å²) in [7, 11) is 0. The van der Waals surface area contributed by atoms with Crippen molar-refractivity contribution in [3.63, 3.8) is 0 Å². The summed E-state index contributed by atoms with van der Waals surface area (Å²) in [5.74, 6) is -0.737. The number of benzene rings is 2. The molecular weight excluding hydrogens is 420 g/mol. The van der Waals surface area contributed by atoms with E-state index in [0.717, 1.165) is 50.3 Å². The highest BCUT2D eigenvalue weighted by atomic mass is 16.6. The van der Waals surface area contributed by atoms with Crippen LogP contribution in [-0.2, 0) is 33.6 Å². The van der Waals surface area contributed by atoms with Gasteiger partial charge in [0.05, 0.1) is 12.8 Å². The topological polar surface area (TPSA) is 88.1 Å². The normalized spacial score (nSPS) is 14.7. The van der Waals surface area contributed by atoms with Gasteiger partial charge < -0.3 is 19.9 Å². The SMILES string of the molecule is CCc1cccc(CCc2ccccc2OCC(CN2CCNC2)OC(=O)CCC(=O)O)c1. The molecule has 33 heavy (non-hydrogen) atoms. The van der Waals surface area contributed by atoms with Gasteiger partial charge in [0.1, 0.15) is 18.5 Å². The zero-order valence-electron chi connectivity index (χ0n) is 19.3. The number of aryl methyl sites for hydroxylation is 3. The second kappa shape index (κ2) is 13.0. The Bertz CT molecular complexity index is 911. The summed E-state index contributed by atoms with van der Waals surface area (Å²) in [6.07, 6.45) is 1.94. The predicted octanol–water partition coefficient (Wildman–Crippen LogP) is 3.05. The molecule has 1 aliphatic heterocycles. The van der Waals surface area contributed by atoms with Crippen LogP contribution in [0.25, 0.3) is 0 Å². The molecule has 1 unspecified atom stereocenters. The molecule has 1 aliphatic rings. The molecule has 2 aromatic carbocycles. The molecule has 2 aromatic rings. The molecular formula is C26H34N2O5. The molecule has 0 aliphatic carbocycles. The van der Waals surface area contributed by atoms with Crippen LogP contribution in [0.3, 0.4) is 0 Å². The number of hydrogen-bond donors (Lipinski definition) is 2. The highest BCUT2D eigenvalue weighted by Crippen LogP contribution is 2.21. The van der Waals surface area contributed by atoms with Crippen LogP contribution in [0.15, 0.2) is 48.5 Å². The van der Waals surface area contributed by atoms with E-state index in [0.29, 0.717) is 6.54 Å². The number of carboxylic acids is 1. The smallest absolute Gasteiger partial charge is 0.306 e. The van der Waals surface area contributed by atoms with Gasteiger partial charge in [0.25, 0.3) is 0 Å². The molecule has 1 heterocycles. The Kier molecular flexibility index (Phi) is 9.72. The third-order valence-electron chi connectivity index (χ3n) is 5.72. The van der Waals surface area contributed by atoms with Crippen molar-refractivity contribution in [2.45, 2.75) is 45.1 Å². The largest absolute Gasteiger partial charge is 0.489 e. The predicted molar refractivity (Wildman–Crippen MR) is 126 cm³/mol. The lowest BCUT2D eigenvalue weighted by Gasteiger charge is -2.24. The molecule has 7 nitrogen and oxygen atoms in total. The fourth-order valence-electron chi connectivity index (χ4n) is 3.89. The Hall–Kier alpha value is -2.90. The van der Waals surface area contributed by atoms with E-state index in [-0.39, 0.29) is 19.4 Å². The second-order valence-electron chi connectivity index (χ2n) is 8.33. The van der Waals surface area contributed by atoms with Crippen LogP contribution in [0.5, 0.6) is 5.75 Å². The summed E-state index contributed by atoms with van der Waals surface area (Å²) in [5.41, 5.74) is 3.75. The summed E-state index contributed by atoms with van der Waals surface area (Å²) in [5, 5.41) is 12.1. The highest BCUT2D eigenvalue weighted by molar-refractivity contribution is 5.76. The van der Waals surface area contributed by atoms with Gasteiger partial charge >= 0.3 is 11.9 Å². The third kappa shape index (κ3) is 8.51. The number of carbonyl (C=O) groups excluding carboxylic acids is 1. The number of carboxylic acid groups (broad SMARTS) is 1. The number of aliphatic carboxylic acids is 1. The monoisotopic (exact) mass is 454 g/mol. The number of rotatable bonds is 13. The molecule has 1 atom stereocenters. The second-order valence-corrected chi connectivity index (χ2v) is 8.33. The van der Waals surface area contributed by atoms with Gasteiger partial charge in [0.2, 0.25) is 0 Å². The lowest BCUT2D eigenvalue weighted by atomic mass is 10.0. The molecule has 1 saturated heterocycles. The first-order valence-electron chi connectivity index (χ1n) is 11.7. The first-order chi connectivity index (χ1) is 16.0. The van der Waals surface area contributed by atoms with Gasteiger partial charge in [-0.05, 0) is 42.0 Å². The van der Waals surface area contributed by atoms with Crippen LogP contribution in [0.2, 0.25) is 0 Å². The molecule has 0 spiro atoms. The molecule has 0 amide bonds. The van der Waals surface area contributed by atoms with Crippen LogP contribution in [-0.4, -0.2) is 61.0 Å². The number of carbonyl (C=O) groups is 2. The Balaban J connectivity index is 1.60. The van der Waals surface area contributed by atoms with Gasteiger partial charge in [-0.15, -0.1) is 0 Å². The summed E-state index contributed by atoms with van der Waals surface area (Å²) >= 11 is 0. The van der Waals surface area contributed by atoms with Gasteiger partial charge in [-0.2, -0.15) is 0 Å². The Morgan fingerprint density at radius 3 is 2.67 bits per heavy atom. The zero-order chi connectivity index (χ0) is 23.5. The van der Waals surface area contributed by atoms with Gasteiger partial charge in [-0.3, -0.25) is 14.5 Å². The average molecular weight is 455 g/mol. The summed E-state index contributed by atoms with van der Waals surface area (Å²) in [6, 6.07) is 16.6. The Labute approximate surface area is 195 Å². The fraction of sp³-hybridized carbons (Fsp3) is 0.462. The third-order valence-corrected chi connectivity index (χ3v) is 5.72. The summed E-state index contributed by atoms with van der Waals surface area (Å²) < 4.78 is 11.7. The zero-order valence-corrected chi connectivity index (χ0v) is 19.3. The first kappa shape index (κ1) is 24.7. The maximum absolute atomic E-state index is 12.1. The molecule has 0 bridgehead atoms. The summed E-state index contributed by atoms with van der Waals surface area (Å²) in [6.45, 7) is 5.41. The minimum atomic E-state index is -1.01. The van der Waals surface area contributed by atoms with Gasteiger partial charge in [-0.1, -0.05) is 49.4 Å². The van der Waals surface area contributed by atoms with Gasteiger partial charge in [-0.25, -0.2) is 0 Å². The van der Waals surface area contributed by atoms with E-state index in [4.69, 9.17) is 14.6 Å². The number of nitrogens with one attached hydrogen (secondary N) is 1. The molecule has 3 rings (SSSR count). The van der Waals surface area contributed by atoms with Crippen LogP contribution < -0.4 is 10.1 Å². The highest BCUT2D eigenvalue weighted by Gasteiger charge is 2.22. The van der Waals surface area contributed by atoms with Crippen molar-refractivity contribution in [1.29, 1.82) is 0 Å². The van der Waals surface area contributed by atoms with E-state index >= 15 is 0 Å². The molecule has 0 saturated carbocycles. The quantitative estimate of drug-likeness (QED) is 0.450. The average Bonchev–Trinajstić information content (AvgIpc) is 3.33.